The van der Waals surface area contributed by atoms with Crippen molar-refractivity contribution in [1.29, 1.82) is 0 Å². The van der Waals surface area contributed by atoms with Crippen molar-refractivity contribution in [3.8, 4) is 0 Å². The Labute approximate surface area is 309 Å². The molecule has 0 aromatic heterocycles. The average Bonchev–Trinajstić information content (AvgIpc) is 3.18. The maximum absolute atomic E-state index is 2.35. The molecule has 0 spiro atoms. The molecule has 0 atom stereocenters. The lowest BCUT2D eigenvalue weighted by atomic mass is 10.1. The summed E-state index contributed by atoms with van der Waals surface area (Å²) in [6.07, 6.45) is 8.71. The van der Waals surface area contributed by atoms with Crippen LogP contribution < -0.4 is 9.80 Å². The van der Waals surface area contributed by atoms with Gasteiger partial charge < -0.3 is 9.80 Å². The first-order valence-electron chi connectivity index (χ1n) is 17.9. The first kappa shape index (κ1) is 34.1. The predicted molar refractivity (Wildman–Crippen MR) is 225 cm³/mol. The molecular weight excluding hydrogens is 629 g/mol. The molecular formula is C50H44N2. The van der Waals surface area contributed by atoms with Crippen LogP contribution in [-0.2, 0) is 0 Å². The Bertz CT molecular complexity index is 2070. The lowest BCUT2D eigenvalue weighted by Gasteiger charge is -2.28. The Balaban J connectivity index is 1.04. The van der Waals surface area contributed by atoms with Gasteiger partial charge in [-0.15, -0.1) is 0 Å². The molecule has 52 heavy (non-hydrogen) atoms. The molecule has 7 aromatic rings. The highest BCUT2D eigenvalue weighted by Crippen LogP contribution is 2.39. The van der Waals surface area contributed by atoms with Crippen LogP contribution in [0.3, 0.4) is 0 Å². The average molecular weight is 673 g/mol. The van der Waals surface area contributed by atoms with Crippen molar-refractivity contribution in [1.82, 2.24) is 0 Å². The standard InChI is InChI=1S/C50H44N2/c1-37-13-5-9-17-47(37)51(48-18-10-6-14-38(48)2)45-33-29-43(30-34-45)27-25-41-21-23-42(24-22-41)26-28-44-31-35-46(36-32-44)52(49-19-11-7-15-39(49)3)50-20-12-8-16-40(50)4/h5-36H,1-4H3. The molecule has 7 aromatic carbocycles. The zero-order chi connectivity index (χ0) is 35.9. The van der Waals surface area contributed by atoms with Crippen molar-refractivity contribution < 1.29 is 0 Å². The number of nitrogens with zero attached hydrogens (tertiary/aromatic N) is 2. The van der Waals surface area contributed by atoms with Gasteiger partial charge in [-0.3, -0.25) is 0 Å². The Hall–Kier alpha value is -6.38. The van der Waals surface area contributed by atoms with Crippen molar-refractivity contribution in [3.05, 3.63) is 214 Å². The second-order valence-corrected chi connectivity index (χ2v) is 13.3. The summed E-state index contributed by atoms with van der Waals surface area (Å²) in [4.78, 5) is 4.70. The fourth-order valence-corrected chi connectivity index (χ4v) is 6.65. The monoisotopic (exact) mass is 672 g/mol. The highest BCUT2D eigenvalue weighted by molar-refractivity contribution is 5.82. The van der Waals surface area contributed by atoms with Crippen molar-refractivity contribution in [2.75, 3.05) is 9.80 Å². The highest BCUT2D eigenvalue weighted by Gasteiger charge is 2.17. The molecule has 0 amide bonds. The van der Waals surface area contributed by atoms with Gasteiger partial charge in [0.2, 0.25) is 0 Å². The van der Waals surface area contributed by atoms with Crippen molar-refractivity contribution in [2.45, 2.75) is 27.7 Å². The first-order valence-corrected chi connectivity index (χ1v) is 17.9. The van der Waals surface area contributed by atoms with E-state index in [4.69, 9.17) is 0 Å². The maximum Gasteiger partial charge on any atom is 0.0490 e. The van der Waals surface area contributed by atoms with Crippen LogP contribution >= 0.6 is 0 Å². The first-order chi connectivity index (χ1) is 25.4. The molecule has 2 nitrogen and oxygen atoms in total. The molecule has 0 radical (unpaired) electrons. The fraction of sp³-hybridized carbons (Fsp3) is 0.0800. The van der Waals surface area contributed by atoms with Crippen molar-refractivity contribution >= 4 is 58.4 Å². The van der Waals surface area contributed by atoms with E-state index in [0.717, 1.165) is 22.5 Å². The second kappa shape index (κ2) is 15.7. The van der Waals surface area contributed by atoms with Crippen LogP contribution in [0.1, 0.15) is 44.5 Å². The Kier molecular flexibility index (Phi) is 10.3. The molecule has 0 fully saturated rings. The van der Waals surface area contributed by atoms with E-state index in [1.807, 2.05) is 0 Å². The molecule has 0 heterocycles. The van der Waals surface area contributed by atoms with Gasteiger partial charge in [-0.05, 0) is 121 Å². The van der Waals surface area contributed by atoms with Gasteiger partial charge in [0.05, 0.1) is 0 Å². The van der Waals surface area contributed by atoms with E-state index in [-0.39, 0.29) is 0 Å². The number of para-hydroxylation sites is 4. The third-order valence-corrected chi connectivity index (χ3v) is 9.60. The summed E-state index contributed by atoms with van der Waals surface area (Å²) in [5, 5.41) is 0. The number of hydrogen-bond acceptors (Lipinski definition) is 2. The summed E-state index contributed by atoms with van der Waals surface area (Å²) in [5.74, 6) is 0. The van der Waals surface area contributed by atoms with Gasteiger partial charge in [-0.25, -0.2) is 0 Å². The minimum atomic E-state index is 1.14. The van der Waals surface area contributed by atoms with E-state index in [9.17, 15) is 0 Å². The van der Waals surface area contributed by atoms with Gasteiger partial charge >= 0.3 is 0 Å². The van der Waals surface area contributed by atoms with E-state index >= 15 is 0 Å². The molecule has 0 saturated carbocycles. The van der Waals surface area contributed by atoms with E-state index in [2.05, 4.69) is 232 Å². The van der Waals surface area contributed by atoms with Crippen LogP contribution in [0.2, 0.25) is 0 Å². The molecule has 0 saturated heterocycles. The van der Waals surface area contributed by atoms with Gasteiger partial charge in [0.1, 0.15) is 0 Å². The smallest absolute Gasteiger partial charge is 0.0490 e. The molecule has 0 aliphatic carbocycles. The van der Waals surface area contributed by atoms with Crippen molar-refractivity contribution in [2.24, 2.45) is 0 Å². The lowest BCUT2D eigenvalue weighted by molar-refractivity contribution is 1.22. The van der Waals surface area contributed by atoms with Gasteiger partial charge in [0.15, 0.2) is 0 Å². The number of hydrogen-bond donors (Lipinski definition) is 0. The molecule has 0 aliphatic heterocycles. The molecule has 0 bridgehead atoms. The quantitative estimate of drug-likeness (QED) is 0.133. The topological polar surface area (TPSA) is 6.48 Å². The number of benzene rings is 7. The molecule has 0 aliphatic rings. The summed E-state index contributed by atoms with van der Waals surface area (Å²) in [5.41, 5.74) is 16.7. The zero-order valence-electron chi connectivity index (χ0n) is 30.4. The van der Waals surface area contributed by atoms with Crippen LogP contribution in [0.25, 0.3) is 24.3 Å². The van der Waals surface area contributed by atoms with Gasteiger partial charge in [0, 0.05) is 34.1 Å². The number of anilines is 6. The maximum atomic E-state index is 2.35. The molecule has 254 valence electrons. The summed E-state index contributed by atoms with van der Waals surface area (Å²) in [6.45, 7) is 8.68. The van der Waals surface area contributed by atoms with Gasteiger partial charge in [-0.1, -0.05) is 146 Å². The largest absolute Gasteiger partial charge is 0.310 e. The molecule has 2 heteroatoms. The molecule has 0 N–H and O–H groups in total. The second-order valence-electron chi connectivity index (χ2n) is 13.3. The van der Waals surface area contributed by atoms with Crippen LogP contribution in [0.4, 0.5) is 34.1 Å². The Morgan fingerprint density at radius 3 is 0.712 bits per heavy atom. The van der Waals surface area contributed by atoms with E-state index in [0.29, 0.717) is 0 Å². The Morgan fingerprint density at radius 1 is 0.269 bits per heavy atom. The third-order valence-electron chi connectivity index (χ3n) is 9.60. The number of rotatable bonds is 10. The van der Waals surface area contributed by atoms with Crippen LogP contribution in [0, 0.1) is 27.7 Å². The fourth-order valence-electron chi connectivity index (χ4n) is 6.65. The lowest BCUT2D eigenvalue weighted by Crippen LogP contribution is -2.12. The van der Waals surface area contributed by atoms with Gasteiger partial charge in [-0.2, -0.15) is 0 Å². The minimum Gasteiger partial charge on any atom is -0.310 e. The summed E-state index contributed by atoms with van der Waals surface area (Å²) in [6, 6.07) is 60.6. The highest BCUT2D eigenvalue weighted by atomic mass is 15.2. The number of aryl methyl sites for hydroxylation is 4. The summed E-state index contributed by atoms with van der Waals surface area (Å²) >= 11 is 0. The van der Waals surface area contributed by atoms with Crippen LogP contribution in [0.15, 0.2) is 170 Å². The third kappa shape index (κ3) is 7.67. The predicted octanol–water partition coefficient (Wildman–Crippen LogP) is 14.2. The molecule has 7 rings (SSSR count). The minimum absolute atomic E-state index is 1.14. The molecule has 0 unspecified atom stereocenters. The summed E-state index contributed by atoms with van der Waals surface area (Å²) < 4.78 is 0. The van der Waals surface area contributed by atoms with Crippen LogP contribution in [0.5, 0.6) is 0 Å². The summed E-state index contributed by atoms with van der Waals surface area (Å²) in [7, 11) is 0. The SMILES string of the molecule is Cc1ccccc1N(c1ccc(C=Cc2ccc(C=Cc3ccc(N(c4ccccc4C)c4ccccc4C)cc3)cc2)cc1)c1ccccc1C. The van der Waals surface area contributed by atoms with Crippen LogP contribution in [-0.4, -0.2) is 0 Å². The normalized spacial score (nSPS) is 11.3. The Morgan fingerprint density at radius 2 is 0.481 bits per heavy atom. The zero-order valence-corrected chi connectivity index (χ0v) is 30.4. The van der Waals surface area contributed by atoms with E-state index in [1.165, 1.54) is 56.1 Å². The van der Waals surface area contributed by atoms with E-state index in [1.54, 1.807) is 0 Å². The van der Waals surface area contributed by atoms with E-state index < -0.39 is 0 Å². The van der Waals surface area contributed by atoms with Crippen molar-refractivity contribution in [3.63, 3.8) is 0 Å². The van der Waals surface area contributed by atoms with Gasteiger partial charge in [0.25, 0.3) is 0 Å².